The van der Waals surface area contributed by atoms with Gasteiger partial charge in [0.15, 0.2) is 0 Å². The lowest BCUT2D eigenvalue weighted by molar-refractivity contribution is -0.384. The molecule has 0 amide bonds. The lowest BCUT2D eigenvalue weighted by Gasteiger charge is -2.37. The highest BCUT2D eigenvalue weighted by Crippen LogP contribution is 2.23. The van der Waals surface area contributed by atoms with Crippen molar-refractivity contribution in [2.45, 2.75) is 32.4 Å². The fraction of sp³-hybridized carbons (Fsp3) is 0.474. The Morgan fingerprint density at radius 3 is 2.59 bits per heavy atom. The minimum Gasteiger partial charge on any atom is -0.464 e. The summed E-state index contributed by atoms with van der Waals surface area (Å²) in [4.78, 5) is 23.6. The van der Waals surface area contributed by atoms with Gasteiger partial charge in [-0.2, -0.15) is 4.98 Å². The van der Waals surface area contributed by atoms with Gasteiger partial charge < -0.3 is 9.64 Å². The predicted octanol–water partition coefficient (Wildman–Crippen LogP) is 2.88. The Balaban J connectivity index is 1.53. The largest absolute Gasteiger partial charge is 0.464 e. The van der Waals surface area contributed by atoms with Crippen LogP contribution < -0.4 is 9.64 Å². The molecule has 0 aliphatic carbocycles. The van der Waals surface area contributed by atoms with E-state index in [0.29, 0.717) is 18.7 Å². The maximum atomic E-state index is 10.8. The molecule has 1 aromatic heterocycles. The van der Waals surface area contributed by atoms with Crippen LogP contribution in [0.4, 0.5) is 11.5 Å². The van der Waals surface area contributed by atoms with Gasteiger partial charge in [0.25, 0.3) is 5.69 Å². The SMILES string of the molecule is CCOc1nccc(N2CCC(N(C)Cc3ccc([N+](=O)[O-])cc3)CC2)n1. The summed E-state index contributed by atoms with van der Waals surface area (Å²) in [7, 11) is 2.11. The number of benzene rings is 1. The van der Waals surface area contributed by atoms with Gasteiger partial charge in [-0.15, -0.1) is 0 Å². The molecule has 8 nitrogen and oxygen atoms in total. The number of aromatic nitrogens is 2. The van der Waals surface area contributed by atoms with Gasteiger partial charge in [0.2, 0.25) is 0 Å². The summed E-state index contributed by atoms with van der Waals surface area (Å²) in [6.07, 6.45) is 3.81. The summed E-state index contributed by atoms with van der Waals surface area (Å²) in [5.74, 6) is 0.907. The number of nitro groups is 1. The van der Waals surface area contributed by atoms with E-state index in [0.717, 1.165) is 43.9 Å². The van der Waals surface area contributed by atoms with E-state index in [4.69, 9.17) is 4.74 Å². The average molecular weight is 371 g/mol. The van der Waals surface area contributed by atoms with Crippen molar-refractivity contribution < 1.29 is 9.66 Å². The smallest absolute Gasteiger partial charge is 0.318 e. The molecule has 0 unspecified atom stereocenters. The molecule has 0 atom stereocenters. The molecule has 0 N–H and O–H groups in total. The molecule has 0 bridgehead atoms. The van der Waals surface area contributed by atoms with Gasteiger partial charge in [-0.1, -0.05) is 12.1 Å². The van der Waals surface area contributed by atoms with E-state index in [-0.39, 0.29) is 10.6 Å². The van der Waals surface area contributed by atoms with Crippen LogP contribution in [0.1, 0.15) is 25.3 Å². The minimum atomic E-state index is -0.368. The van der Waals surface area contributed by atoms with Crippen LogP contribution in [0.2, 0.25) is 0 Å². The van der Waals surface area contributed by atoms with E-state index in [1.807, 2.05) is 25.1 Å². The van der Waals surface area contributed by atoms with Crippen LogP contribution in [-0.2, 0) is 6.54 Å². The molecule has 1 aliphatic heterocycles. The number of rotatable bonds is 7. The van der Waals surface area contributed by atoms with Crippen molar-refractivity contribution >= 4 is 11.5 Å². The van der Waals surface area contributed by atoms with Crippen molar-refractivity contribution in [1.82, 2.24) is 14.9 Å². The van der Waals surface area contributed by atoms with Gasteiger partial charge in [0.05, 0.1) is 11.5 Å². The Morgan fingerprint density at radius 2 is 1.96 bits per heavy atom. The minimum absolute atomic E-state index is 0.131. The second kappa shape index (κ2) is 8.77. The standard InChI is InChI=1S/C19H25N5O3/c1-3-27-19-20-11-8-18(21-19)23-12-9-16(10-13-23)22(2)14-15-4-6-17(7-5-15)24(25)26/h4-8,11,16H,3,9-10,12-14H2,1-2H3. The van der Waals surface area contributed by atoms with E-state index in [2.05, 4.69) is 26.8 Å². The first-order chi connectivity index (χ1) is 13.1. The molecule has 1 aromatic carbocycles. The molecule has 0 saturated carbocycles. The molecule has 8 heteroatoms. The van der Waals surface area contributed by atoms with Gasteiger partial charge in [-0.05, 0) is 38.4 Å². The third-order valence-corrected chi connectivity index (χ3v) is 4.88. The van der Waals surface area contributed by atoms with Crippen LogP contribution in [0.25, 0.3) is 0 Å². The summed E-state index contributed by atoms with van der Waals surface area (Å²) in [6.45, 7) is 5.11. The average Bonchev–Trinajstić information content (AvgIpc) is 2.69. The third kappa shape index (κ3) is 4.91. The Bertz CT molecular complexity index is 760. The van der Waals surface area contributed by atoms with E-state index >= 15 is 0 Å². The number of non-ortho nitro benzene ring substituents is 1. The van der Waals surface area contributed by atoms with Crippen LogP contribution in [0, 0.1) is 10.1 Å². The molecule has 0 radical (unpaired) electrons. The number of hydrogen-bond acceptors (Lipinski definition) is 7. The number of nitro benzene ring substituents is 1. The van der Waals surface area contributed by atoms with Gasteiger partial charge in [0.1, 0.15) is 5.82 Å². The van der Waals surface area contributed by atoms with Crippen LogP contribution in [0.15, 0.2) is 36.5 Å². The summed E-state index contributed by atoms with van der Waals surface area (Å²) < 4.78 is 5.39. The fourth-order valence-electron chi connectivity index (χ4n) is 3.38. The topological polar surface area (TPSA) is 84.6 Å². The second-order valence-corrected chi connectivity index (χ2v) is 6.69. The molecule has 1 fully saturated rings. The van der Waals surface area contributed by atoms with E-state index < -0.39 is 0 Å². The summed E-state index contributed by atoms with van der Waals surface area (Å²) >= 11 is 0. The van der Waals surface area contributed by atoms with Crippen LogP contribution in [0.3, 0.4) is 0 Å². The normalized spacial score (nSPS) is 15.1. The van der Waals surface area contributed by atoms with E-state index in [9.17, 15) is 10.1 Å². The van der Waals surface area contributed by atoms with Crippen molar-refractivity contribution in [1.29, 1.82) is 0 Å². The predicted molar refractivity (Wildman–Crippen MR) is 103 cm³/mol. The molecule has 1 saturated heterocycles. The first kappa shape index (κ1) is 19.0. The Labute approximate surface area is 158 Å². The highest BCUT2D eigenvalue weighted by Gasteiger charge is 2.23. The first-order valence-electron chi connectivity index (χ1n) is 9.21. The van der Waals surface area contributed by atoms with Gasteiger partial charge in [-0.25, -0.2) is 4.98 Å². The summed E-state index contributed by atoms with van der Waals surface area (Å²) in [6, 6.07) is 9.62. The summed E-state index contributed by atoms with van der Waals surface area (Å²) in [5.41, 5.74) is 1.22. The van der Waals surface area contributed by atoms with Crippen LogP contribution in [0.5, 0.6) is 6.01 Å². The Morgan fingerprint density at radius 1 is 1.26 bits per heavy atom. The monoisotopic (exact) mass is 371 g/mol. The lowest BCUT2D eigenvalue weighted by atomic mass is 10.0. The van der Waals surface area contributed by atoms with Gasteiger partial charge in [0, 0.05) is 44.0 Å². The highest BCUT2D eigenvalue weighted by molar-refractivity contribution is 5.39. The highest BCUT2D eigenvalue weighted by atomic mass is 16.6. The van der Waals surface area contributed by atoms with Crippen molar-refractivity contribution in [2.24, 2.45) is 0 Å². The van der Waals surface area contributed by atoms with Gasteiger partial charge in [-0.3, -0.25) is 15.0 Å². The number of ether oxygens (including phenoxy) is 1. The molecule has 144 valence electrons. The third-order valence-electron chi connectivity index (χ3n) is 4.88. The molecule has 2 heterocycles. The maximum absolute atomic E-state index is 10.8. The van der Waals surface area contributed by atoms with Crippen molar-refractivity contribution in [2.75, 3.05) is 31.6 Å². The number of piperidine rings is 1. The van der Waals surface area contributed by atoms with Crippen molar-refractivity contribution in [3.05, 3.63) is 52.2 Å². The molecular formula is C19H25N5O3. The molecule has 1 aliphatic rings. The zero-order valence-electron chi connectivity index (χ0n) is 15.7. The van der Waals surface area contributed by atoms with Gasteiger partial charge >= 0.3 is 6.01 Å². The van der Waals surface area contributed by atoms with Crippen LogP contribution >= 0.6 is 0 Å². The molecule has 0 spiro atoms. The zero-order chi connectivity index (χ0) is 19.2. The molecule has 27 heavy (non-hydrogen) atoms. The fourth-order valence-corrected chi connectivity index (χ4v) is 3.38. The maximum Gasteiger partial charge on any atom is 0.318 e. The van der Waals surface area contributed by atoms with Crippen LogP contribution in [-0.4, -0.2) is 52.6 Å². The quantitative estimate of drug-likeness (QED) is 0.546. The Hall–Kier alpha value is -2.74. The van der Waals surface area contributed by atoms with E-state index in [1.54, 1.807) is 18.3 Å². The summed E-state index contributed by atoms with van der Waals surface area (Å²) in [5, 5.41) is 10.8. The Kier molecular flexibility index (Phi) is 6.18. The number of nitrogens with zero attached hydrogens (tertiary/aromatic N) is 5. The molecule has 2 aromatic rings. The first-order valence-corrected chi connectivity index (χ1v) is 9.21. The zero-order valence-corrected chi connectivity index (χ0v) is 15.7. The van der Waals surface area contributed by atoms with Crippen molar-refractivity contribution in [3.8, 4) is 6.01 Å². The van der Waals surface area contributed by atoms with Crippen molar-refractivity contribution in [3.63, 3.8) is 0 Å². The molecule has 3 rings (SSSR count). The lowest BCUT2D eigenvalue weighted by Crippen LogP contribution is -2.43. The molecular weight excluding hydrogens is 346 g/mol. The number of anilines is 1. The van der Waals surface area contributed by atoms with E-state index in [1.165, 1.54) is 0 Å². The second-order valence-electron chi connectivity index (χ2n) is 6.69. The number of hydrogen-bond donors (Lipinski definition) is 0.